The Hall–Kier alpha value is -3.45. The van der Waals surface area contributed by atoms with Crippen LogP contribution >= 0.6 is 11.6 Å². The summed E-state index contributed by atoms with van der Waals surface area (Å²) in [5.41, 5.74) is 3.47. The van der Waals surface area contributed by atoms with Gasteiger partial charge in [0.25, 0.3) is 0 Å². The minimum atomic E-state index is -0.808. The van der Waals surface area contributed by atoms with Gasteiger partial charge in [-0.15, -0.1) is 0 Å². The highest BCUT2D eigenvalue weighted by Gasteiger charge is 2.45. The van der Waals surface area contributed by atoms with Gasteiger partial charge in [-0.1, -0.05) is 30.3 Å². The topological polar surface area (TPSA) is 83.1 Å². The summed E-state index contributed by atoms with van der Waals surface area (Å²) in [4.78, 5) is 26.6. The lowest BCUT2D eigenvalue weighted by Gasteiger charge is -2.40. The minimum absolute atomic E-state index is 0.0194. The highest BCUT2D eigenvalue weighted by molar-refractivity contribution is 6.30. The predicted octanol–water partition coefficient (Wildman–Crippen LogP) is 4.76. The van der Waals surface area contributed by atoms with Crippen LogP contribution in [0.5, 0.6) is 17.2 Å². The van der Waals surface area contributed by atoms with Crippen molar-refractivity contribution in [2.24, 2.45) is 5.92 Å². The maximum atomic E-state index is 13.7. The molecule has 184 valence electrons. The first-order valence-electron chi connectivity index (χ1n) is 11.2. The van der Waals surface area contributed by atoms with Crippen molar-refractivity contribution in [3.63, 3.8) is 0 Å². The lowest BCUT2D eigenvalue weighted by Crippen LogP contribution is -2.42. The molecule has 3 atom stereocenters. The number of methoxy groups -OCH3 is 4. The van der Waals surface area contributed by atoms with Gasteiger partial charge in [-0.2, -0.15) is 0 Å². The number of Topliss-reactive ketones (excluding diaryl/α,β-unsaturated/α-hetero) is 1. The van der Waals surface area contributed by atoms with Crippen molar-refractivity contribution >= 4 is 23.4 Å². The van der Waals surface area contributed by atoms with E-state index >= 15 is 0 Å². The second-order valence-corrected chi connectivity index (χ2v) is 9.00. The molecule has 2 aromatic rings. The van der Waals surface area contributed by atoms with Crippen molar-refractivity contribution in [1.29, 1.82) is 0 Å². The average molecular weight is 498 g/mol. The van der Waals surface area contributed by atoms with Crippen LogP contribution in [0.3, 0.4) is 0 Å². The van der Waals surface area contributed by atoms with E-state index in [1.807, 2.05) is 24.3 Å². The lowest BCUT2D eigenvalue weighted by atomic mass is 9.69. The van der Waals surface area contributed by atoms with Crippen molar-refractivity contribution in [3.8, 4) is 17.2 Å². The van der Waals surface area contributed by atoms with Crippen LogP contribution in [0.25, 0.3) is 0 Å². The number of ether oxygens (including phenoxy) is 4. The highest BCUT2D eigenvalue weighted by Crippen LogP contribution is 2.50. The SMILES string of the molecule is C=C1NC2=C(C(=O)CC(c3ccc(Cl)cc3)C2)C(c2cc(OC)c(OC)c(OC)c2)C1C(=O)OC. The molecule has 1 aliphatic heterocycles. The number of halogens is 1. The number of rotatable bonds is 6. The van der Waals surface area contributed by atoms with Crippen LogP contribution < -0.4 is 19.5 Å². The molecular weight excluding hydrogens is 470 g/mol. The highest BCUT2D eigenvalue weighted by atomic mass is 35.5. The zero-order valence-corrected chi connectivity index (χ0v) is 20.9. The number of hydrogen-bond donors (Lipinski definition) is 1. The number of carbonyl (C=O) groups excluding carboxylic acids is 2. The van der Waals surface area contributed by atoms with Crippen LogP contribution in [0.2, 0.25) is 5.02 Å². The van der Waals surface area contributed by atoms with Gasteiger partial charge in [0.15, 0.2) is 17.3 Å². The fourth-order valence-corrected chi connectivity index (χ4v) is 5.19. The molecule has 35 heavy (non-hydrogen) atoms. The fraction of sp³-hybridized carbons (Fsp3) is 0.333. The number of benzene rings is 2. The zero-order chi connectivity index (χ0) is 25.3. The molecule has 1 N–H and O–H groups in total. The van der Waals surface area contributed by atoms with Gasteiger partial charge in [-0.25, -0.2) is 0 Å². The quantitative estimate of drug-likeness (QED) is 0.576. The normalized spacial score (nSPS) is 21.7. The first kappa shape index (κ1) is 24.7. The van der Waals surface area contributed by atoms with Crippen LogP contribution in [-0.2, 0) is 14.3 Å². The number of hydrogen-bond acceptors (Lipinski definition) is 7. The minimum Gasteiger partial charge on any atom is -0.493 e. The second kappa shape index (κ2) is 10.0. The van der Waals surface area contributed by atoms with Crippen molar-refractivity contribution in [2.75, 3.05) is 28.4 Å². The van der Waals surface area contributed by atoms with Gasteiger partial charge in [-0.05, 0) is 47.7 Å². The third-order valence-corrected chi connectivity index (χ3v) is 6.93. The first-order chi connectivity index (χ1) is 16.8. The molecule has 7 nitrogen and oxygen atoms in total. The van der Waals surface area contributed by atoms with E-state index in [9.17, 15) is 9.59 Å². The maximum absolute atomic E-state index is 13.7. The Morgan fingerprint density at radius 3 is 2.14 bits per heavy atom. The monoisotopic (exact) mass is 497 g/mol. The molecule has 2 aromatic carbocycles. The smallest absolute Gasteiger partial charge is 0.315 e. The van der Waals surface area contributed by atoms with Gasteiger partial charge in [0.05, 0.1) is 28.4 Å². The molecule has 2 aliphatic rings. The Bertz CT molecular complexity index is 1180. The third-order valence-electron chi connectivity index (χ3n) is 6.68. The third kappa shape index (κ3) is 4.48. The molecule has 0 aromatic heterocycles. The fourth-order valence-electron chi connectivity index (χ4n) is 5.07. The molecular formula is C27H28ClNO6. The molecule has 8 heteroatoms. The lowest BCUT2D eigenvalue weighted by molar-refractivity contribution is -0.144. The van der Waals surface area contributed by atoms with Crippen LogP contribution in [0.15, 0.2) is 59.9 Å². The van der Waals surface area contributed by atoms with Crippen LogP contribution in [-0.4, -0.2) is 40.2 Å². The molecule has 0 saturated carbocycles. The van der Waals surface area contributed by atoms with E-state index < -0.39 is 17.8 Å². The number of nitrogens with one attached hydrogen (secondary N) is 1. The van der Waals surface area contributed by atoms with Gasteiger partial charge in [0, 0.05) is 34.3 Å². The van der Waals surface area contributed by atoms with E-state index in [1.165, 1.54) is 28.4 Å². The number of carbonyl (C=O) groups is 2. The average Bonchev–Trinajstić information content (AvgIpc) is 2.86. The van der Waals surface area contributed by atoms with Crippen LogP contribution in [0, 0.1) is 5.92 Å². The van der Waals surface area contributed by atoms with E-state index in [0.29, 0.717) is 51.9 Å². The summed E-state index contributed by atoms with van der Waals surface area (Å²) >= 11 is 6.05. The Labute approximate surface area is 209 Å². The summed E-state index contributed by atoms with van der Waals surface area (Å²) in [6.45, 7) is 4.12. The predicted molar refractivity (Wildman–Crippen MR) is 132 cm³/mol. The van der Waals surface area contributed by atoms with E-state index in [1.54, 1.807) is 12.1 Å². The van der Waals surface area contributed by atoms with E-state index in [0.717, 1.165) is 11.3 Å². The molecule has 4 rings (SSSR count). The molecule has 0 fully saturated rings. The van der Waals surface area contributed by atoms with Crippen molar-refractivity contribution in [2.45, 2.75) is 24.7 Å². The van der Waals surface area contributed by atoms with Crippen LogP contribution in [0.1, 0.15) is 35.8 Å². The standard InChI is InChI=1S/C27H28ClNO6/c1-14-23(27(31)35-5)24(17-12-21(32-2)26(34-4)22(13-17)33-3)25-19(29-14)10-16(11-20(25)30)15-6-8-18(28)9-7-15/h6-9,12-13,16,23-24,29H,1,10-11H2,2-5H3. The number of ketones is 1. The van der Waals surface area contributed by atoms with Gasteiger partial charge >= 0.3 is 5.97 Å². The number of allylic oxidation sites excluding steroid dienone is 2. The molecule has 0 amide bonds. The summed E-state index contributed by atoms with van der Waals surface area (Å²) in [5, 5.41) is 3.90. The Balaban J connectivity index is 1.87. The van der Waals surface area contributed by atoms with E-state index in [2.05, 4.69) is 11.9 Å². The van der Waals surface area contributed by atoms with Crippen molar-refractivity contribution in [3.05, 3.63) is 76.1 Å². The molecule has 0 spiro atoms. The van der Waals surface area contributed by atoms with Crippen LogP contribution in [0.4, 0.5) is 0 Å². The molecule has 0 bridgehead atoms. The molecule has 1 aliphatic carbocycles. The Morgan fingerprint density at radius 2 is 1.60 bits per heavy atom. The summed E-state index contributed by atoms with van der Waals surface area (Å²) in [6, 6.07) is 11.1. The van der Waals surface area contributed by atoms with E-state index in [4.69, 9.17) is 30.5 Å². The molecule has 0 radical (unpaired) electrons. The molecule has 3 unspecified atom stereocenters. The molecule has 0 saturated heterocycles. The summed E-state index contributed by atoms with van der Waals surface area (Å²) in [6.07, 6.45) is 0.903. The maximum Gasteiger partial charge on any atom is 0.315 e. The Kier molecular flexibility index (Phi) is 7.08. The Morgan fingerprint density at radius 1 is 0.971 bits per heavy atom. The van der Waals surface area contributed by atoms with E-state index in [-0.39, 0.29) is 11.7 Å². The van der Waals surface area contributed by atoms with Crippen molar-refractivity contribution in [1.82, 2.24) is 5.32 Å². The van der Waals surface area contributed by atoms with Gasteiger partial charge in [-0.3, -0.25) is 9.59 Å². The first-order valence-corrected chi connectivity index (χ1v) is 11.6. The zero-order valence-electron chi connectivity index (χ0n) is 20.1. The summed E-state index contributed by atoms with van der Waals surface area (Å²) in [5.74, 6) is -0.698. The van der Waals surface area contributed by atoms with Crippen molar-refractivity contribution < 1.29 is 28.5 Å². The largest absolute Gasteiger partial charge is 0.493 e. The summed E-state index contributed by atoms with van der Waals surface area (Å²) in [7, 11) is 5.89. The van der Waals surface area contributed by atoms with Gasteiger partial charge in [0.1, 0.15) is 5.92 Å². The second-order valence-electron chi connectivity index (χ2n) is 8.56. The number of esters is 1. The molecule has 1 heterocycles. The summed E-state index contributed by atoms with van der Waals surface area (Å²) < 4.78 is 21.6. The van der Waals surface area contributed by atoms with Gasteiger partial charge in [0.2, 0.25) is 5.75 Å². The van der Waals surface area contributed by atoms with Gasteiger partial charge < -0.3 is 24.3 Å².